The van der Waals surface area contributed by atoms with Gasteiger partial charge in [0.2, 0.25) is 0 Å². The average Bonchev–Trinajstić information content (AvgIpc) is 2.61. The Morgan fingerprint density at radius 2 is 1.81 bits per heavy atom. The van der Waals surface area contributed by atoms with Gasteiger partial charge < -0.3 is 19.7 Å². The molecule has 0 saturated carbocycles. The minimum atomic E-state index is -0.409. The highest BCUT2D eigenvalue weighted by molar-refractivity contribution is 6.31. The van der Waals surface area contributed by atoms with Gasteiger partial charge in [0, 0.05) is 36.3 Å². The zero-order chi connectivity index (χ0) is 19.8. The van der Waals surface area contributed by atoms with Crippen LogP contribution in [0, 0.1) is 5.82 Å². The van der Waals surface area contributed by atoms with Crippen molar-refractivity contribution in [3.8, 4) is 11.5 Å². The summed E-state index contributed by atoms with van der Waals surface area (Å²) in [5.74, 6) is 0.616. The first-order valence-electron chi connectivity index (χ1n) is 8.78. The molecule has 0 aromatic heterocycles. The van der Waals surface area contributed by atoms with Crippen LogP contribution >= 0.6 is 23.2 Å². The van der Waals surface area contributed by atoms with Gasteiger partial charge in [0.05, 0.1) is 11.6 Å². The lowest BCUT2D eigenvalue weighted by atomic mass is 10.2. The maximum atomic E-state index is 13.9. The molecule has 0 saturated heterocycles. The standard InChI is InChI=1S/C20H25Cl2FN2O2/c1-4-26-19-10-14(12-24-8-9-25(2)3)17(22)11-20(19)27-13-15-16(21)6-5-7-18(15)23/h5-7,10-11,24H,4,8-9,12-13H2,1-3H3. The van der Waals surface area contributed by atoms with Crippen LogP contribution in [0.1, 0.15) is 18.1 Å². The predicted octanol–water partition coefficient (Wildman–Crippen LogP) is 4.76. The molecule has 1 N–H and O–H groups in total. The molecule has 0 aliphatic rings. The molecular weight excluding hydrogens is 390 g/mol. The van der Waals surface area contributed by atoms with Gasteiger partial charge >= 0.3 is 0 Å². The molecule has 0 spiro atoms. The monoisotopic (exact) mass is 414 g/mol. The number of hydrogen-bond acceptors (Lipinski definition) is 4. The van der Waals surface area contributed by atoms with Crippen LogP contribution in [-0.2, 0) is 13.2 Å². The molecule has 0 bridgehead atoms. The van der Waals surface area contributed by atoms with E-state index < -0.39 is 5.82 Å². The molecule has 0 heterocycles. The predicted molar refractivity (Wildman–Crippen MR) is 109 cm³/mol. The maximum Gasteiger partial charge on any atom is 0.163 e. The van der Waals surface area contributed by atoms with Crippen LogP contribution in [0.2, 0.25) is 10.0 Å². The number of benzene rings is 2. The summed E-state index contributed by atoms with van der Waals surface area (Å²) in [7, 11) is 4.05. The van der Waals surface area contributed by atoms with Crippen molar-refractivity contribution in [1.29, 1.82) is 0 Å². The maximum absolute atomic E-state index is 13.9. The molecule has 2 aromatic carbocycles. The highest BCUT2D eigenvalue weighted by Gasteiger charge is 2.14. The van der Waals surface area contributed by atoms with E-state index in [0.717, 1.165) is 18.7 Å². The van der Waals surface area contributed by atoms with E-state index in [1.807, 2.05) is 27.1 Å². The molecule has 0 atom stereocenters. The zero-order valence-corrected chi connectivity index (χ0v) is 17.3. The lowest BCUT2D eigenvalue weighted by Crippen LogP contribution is -2.26. The van der Waals surface area contributed by atoms with Crippen molar-refractivity contribution in [3.05, 3.63) is 57.3 Å². The van der Waals surface area contributed by atoms with Crippen LogP contribution in [-0.4, -0.2) is 38.7 Å². The number of nitrogens with one attached hydrogen (secondary N) is 1. The average molecular weight is 415 g/mol. The number of halogens is 3. The first kappa shape index (κ1) is 21.8. The van der Waals surface area contributed by atoms with E-state index in [1.54, 1.807) is 18.2 Å². The van der Waals surface area contributed by atoms with E-state index in [-0.39, 0.29) is 6.61 Å². The van der Waals surface area contributed by atoms with Gasteiger partial charge in [0.15, 0.2) is 11.5 Å². The van der Waals surface area contributed by atoms with Crippen molar-refractivity contribution >= 4 is 23.2 Å². The Labute approximate surface area is 170 Å². The Balaban J connectivity index is 2.12. The Bertz CT molecular complexity index is 737. The first-order valence-corrected chi connectivity index (χ1v) is 9.54. The van der Waals surface area contributed by atoms with Gasteiger partial charge in [-0.3, -0.25) is 0 Å². The molecule has 0 fully saturated rings. The van der Waals surface area contributed by atoms with Crippen LogP contribution in [0.4, 0.5) is 4.39 Å². The number of rotatable bonds is 10. The second-order valence-corrected chi connectivity index (χ2v) is 7.11. The Morgan fingerprint density at radius 1 is 1.07 bits per heavy atom. The lowest BCUT2D eigenvalue weighted by Gasteiger charge is -2.16. The molecular formula is C20H25Cl2FN2O2. The molecule has 0 unspecified atom stereocenters. The molecule has 2 rings (SSSR count). The van der Waals surface area contributed by atoms with Crippen LogP contribution in [0.5, 0.6) is 11.5 Å². The molecule has 0 amide bonds. The summed E-state index contributed by atoms with van der Waals surface area (Å²) >= 11 is 12.5. The zero-order valence-electron chi connectivity index (χ0n) is 15.8. The molecule has 0 aliphatic heterocycles. The van der Waals surface area contributed by atoms with E-state index in [9.17, 15) is 4.39 Å². The molecule has 7 heteroatoms. The quantitative estimate of drug-likeness (QED) is 0.568. The lowest BCUT2D eigenvalue weighted by molar-refractivity contribution is 0.265. The summed E-state index contributed by atoms with van der Waals surface area (Å²) in [4.78, 5) is 2.10. The summed E-state index contributed by atoms with van der Waals surface area (Å²) in [6.45, 7) is 4.75. The second kappa shape index (κ2) is 10.7. The third-order valence-electron chi connectivity index (χ3n) is 3.90. The SMILES string of the molecule is CCOc1cc(CNCCN(C)C)c(Cl)cc1OCc1c(F)cccc1Cl. The van der Waals surface area contributed by atoms with Gasteiger partial charge in [-0.25, -0.2) is 4.39 Å². The third kappa shape index (κ3) is 6.54. The molecule has 148 valence electrons. The van der Waals surface area contributed by atoms with Crippen molar-refractivity contribution in [1.82, 2.24) is 10.2 Å². The summed E-state index contributed by atoms with van der Waals surface area (Å²) < 4.78 is 25.4. The highest BCUT2D eigenvalue weighted by Crippen LogP contribution is 2.35. The Kier molecular flexibility index (Phi) is 8.64. The summed E-state index contributed by atoms with van der Waals surface area (Å²) in [6, 6.07) is 8.09. The fourth-order valence-corrected chi connectivity index (χ4v) is 2.88. The van der Waals surface area contributed by atoms with Gasteiger partial charge in [-0.2, -0.15) is 0 Å². The van der Waals surface area contributed by atoms with E-state index in [2.05, 4.69) is 10.2 Å². The smallest absolute Gasteiger partial charge is 0.163 e. The second-order valence-electron chi connectivity index (χ2n) is 6.29. The van der Waals surface area contributed by atoms with Crippen molar-refractivity contribution in [2.24, 2.45) is 0 Å². The van der Waals surface area contributed by atoms with Gasteiger partial charge in [-0.15, -0.1) is 0 Å². The van der Waals surface area contributed by atoms with Crippen LogP contribution in [0.15, 0.2) is 30.3 Å². The molecule has 27 heavy (non-hydrogen) atoms. The molecule has 4 nitrogen and oxygen atoms in total. The first-order chi connectivity index (χ1) is 12.9. The molecule has 2 aromatic rings. The number of nitrogens with zero attached hydrogens (tertiary/aromatic N) is 1. The van der Waals surface area contributed by atoms with E-state index >= 15 is 0 Å². The number of likely N-dealkylation sites (N-methyl/N-ethyl adjacent to an activating group) is 1. The number of ether oxygens (including phenoxy) is 2. The molecule has 0 aliphatic carbocycles. The summed E-state index contributed by atoms with van der Waals surface area (Å²) in [5, 5.41) is 4.23. The normalized spacial score (nSPS) is 11.1. The number of hydrogen-bond donors (Lipinski definition) is 1. The van der Waals surface area contributed by atoms with Crippen LogP contribution in [0.3, 0.4) is 0 Å². The summed E-state index contributed by atoms with van der Waals surface area (Å²) in [5.41, 5.74) is 1.21. The van der Waals surface area contributed by atoms with Crippen molar-refractivity contribution in [2.75, 3.05) is 33.8 Å². The van der Waals surface area contributed by atoms with Gasteiger partial charge in [-0.05, 0) is 44.8 Å². The summed E-state index contributed by atoms with van der Waals surface area (Å²) in [6.07, 6.45) is 0. The fourth-order valence-electron chi connectivity index (χ4n) is 2.44. The minimum absolute atomic E-state index is 0.0116. The van der Waals surface area contributed by atoms with Gasteiger partial charge in [0.25, 0.3) is 0 Å². The Morgan fingerprint density at radius 3 is 2.48 bits per heavy atom. The van der Waals surface area contributed by atoms with Crippen LogP contribution < -0.4 is 14.8 Å². The van der Waals surface area contributed by atoms with E-state index in [4.69, 9.17) is 32.7 Å². The van der Waals surface area contributed by atoms with Gasteiger partial charge in [0.1, 0.15) is 12.4 Å². The Hall–Kier alpha value is -1.53. The van der Waals surface area contributed by atoms with Crippen molar-refractivity contribution < 1.29 is 13.9 Å². The highest BCUT2D eigenvalue weighted by atomic mass is 35.5. The van der Waals surface area contributed by atoms with E-state index in [0.29, 0.717) is 40.3 Å². The minimum Gasteiger partial charge on any atom is -0.490 e. The fraction of sp³-hybridized carbons (Fsp3) is 0.400. The van der Waals surface area contributed by atoms with Crippen LogP contribution in [0.25, 0.3) is 0 Å². The van der Waals surface area contributed by atoms with E-state index in [1.165, 1.54) is 6.07 Å². The third-order valence-corrected chi connectivity index (χ3v) is 4.60. The largest absolute Gasteiger partial charge is 0.490 e. The topological polar surface area (TPSA) is 33.7 Å². The van der Waals surface area contributed by atoms with Crippen molar-refractivity contribution in [3.63, 3.8) is 0 Å². The van der Waals surface area contributed by atoms with Crippen molar-refractivity contribution in [2.45, 2.75) is 20.1 Å². The van der Waals surface area contributed by atoms with Gasteiger partial charge in [-0.1, -0.05) is 29.3 Å². The molecule has 0 radical (unpaired) electrons.